The number of aromatic nitrogens is 2. The maximum atomic E-state index is 9.97. The maximum absolute atomic E-state index is 9.97. The van der Waals surface area contributed by atoms with Gasteiger partial charge in [0.15, 0.2) is 5.75 Å². The molecule has 0 spiro atoms. The quantitative estimate of drug-likeness (QED) is 0.849. The van der Waals surface area contributed by atoms with Crippen molar-refractivity contribution in [3.05, 3.63) is 53.9 Å². The third-order valence-corrected chi connectivity index (χ3v) is 3.50. The number of nitrogens with zero attached hydrogens (tertiary/aromatic N) is 2. The highest BCUT2D eigenvalue weighted by Gasteiger charge is 2.17. The number of hydrogen-bond acceptors (Lipinski definition) is 3. The standard InChI is InChI=1S/C16H20N2O2/c1-11(2)12(3)16-15(19)9-17-18(16)10-13-5-7-14(20-4)8-6-13/h5-9,12,19H,1,10H2,2-4H3. The summed E-state index contributed by atoms with van der Waals surface area (Å²) in [5.74, 6) is 1.11. The van der Waals surface area contributed by atoms with Gasteiger partial charge in [-0.2, -0.15) is 5.10 Å². The number of aromatic hydroxyl groups is 1. The van der Waals surface area contributed by atoms with E-state index in [1.165, 1.54) is 6.20 Å². The van der Waals surface area contributed by atoms with E-state index in [1.807, 2.05) is 42.8 Å². The van der Waals surface area contributed by atoms with E-state index in [1.54, 1.807) is 7.11 Å². The zero-order valence-electron chi connectivity index (χ0n) is 12.1. The average molecular weight is 272 g/mol. The van der Waals surface area contributed by atoms with Crippen LogP contribution >= 0.6 is 0 Å². The molecule has 4 heteroatoms. The molecular weight excluding hydrogens is 252 g/mol. The second-order valence-electron chi connectivity index (χ2n) is 4.99. The van der Waals surface area contributed by atoms with Gasteiger partial charge in [-0.05, 0) is 24.6 Å². The Bertz CT molecular complexity index is 599. The molecule has 20 heavy (non-hydrogen) atoms. The van der Waals surface area contributed by atoms with E-state index in [0.29, 0.717) is 6.54 Å². The maximum Gasteiger partial charge on any atom is 0.157 e. The van der Waals surface area contributed by atoms with Gasteiger partial charge in [-0.15, -0.1) is 0 Å². The van der Waals surface area contributed by atoms with Crippen LogP contribution in [0.3, 0.4) is 0 Å². The van der Waals surface area contributed by atoms with Crippen molar-refractivity contribution < 1.29 is 9.84 Å². The molecule has 0 bridgehead atoms. The van der Waals surface area contributed by atoms with Crippen molar-refractivity contribution in [3.63, 3.8) is 0 Å². The number of benzene rings is 1. The van der Waals surface area contributed by atoms with Gasteiger partial charge in [-0.3, -0.25) is 4.68 Å². The van der Waals surface area contributed by atoms with Gasteiger partial charge in [0, 0.05) is 5.92 Å². The molecule has 2 aromatic rings. The first-order valence-corrected chi connectivity index (χ1v) is 6.56. The molecule has 0 radical (unpaired) electrons. The summed E-state index contributed by atoms with van der Waals surface area (Å²) >= 11 is 0. The Balaban J connectivity index is 2.27. The molecule has 0 amide bonds. The summed E-state index contributed by atoms with van der Waals surface area (Å²) in [5.41, 5.74) is 2.90. The molecule has 1 atom stereocenters. The van der Waals surface area contributed by atoms with Crippen LogP contribution in [0.15, 0.2) is 42.6 Å². The molecular formula is C16H20N2O2. The van der Waals surface area contributed by atoms with Crippen LogP contribution in [0, 0.1) is 0 Å². The van der Waals surface area contributed by atoms with E-state index in [4.69, 9.17) is 4.74 Å². The Morgan fingerprint density at radius 3 is 2.60 bits per heavy atom. The fraction of sp³-hybridized carbons (Fsp3) is 0.312. The molecule has 1 N–H and O–H groups in total. The molecule has 0 saturated carbocycles. The van der Waals surface area contributed by atoms with E-state index < -0.39 is 0 Å². The summed E-state index contributed by atoms with van der Waals surface area (Å²) in [6.45, 7) is 8.53. The summed E-state index contributed by atoms with van der Waals surface area (Å²) in [5, 5.41) is 14.2. The first kappa shape index (κ1) is 14.2. The van der Waals surface area contributed by atoms with Gasteiger partial charge in [0.2, 0.25) is 0 Å². The third kappa shape index (κ3) is 2.85. The third-order valence-electron chi connectivity index (χ3n) is 3.50. The molecule has 0 saturated heterocycles. The minimum atomic E-state index is 0.0655. The van der Waals surface area contributed by atoms with Crippen molar-refractivity contribution in [1.29, 1.82) is 0 Å². The monoisotopic (exact) mass is 272 g/mol. The number of hydrogen-bond donors (Lipinski definition) is 1. The largest absolute Gasteiger partial charge is 0.504 e. The topological polar surface area (TPSA) is 47.3 Å². The first-order chi connectivity index (χ1) is 9.52. The van der Waals surface area contributed by atoms with E-state index in [-0.39, 0.29) is 11.7 Å². The predicted molar refractivity (Wildman–Crippen MR) is 79.2 cm³/mol. The minimum Gasteiger partial charge on any atom is -0.504 e. The highest BCUT2D eigenvalue weighted by molar-refractivity contribution is 5.33. The van der Waals surface area contributed by atoms with Crippen LogP contribution < -0.4 is 4.74 Å². The Hall–Kier alpha value is -2.23. The van der Waals surface area contributed by atoms with Gasteiger partial charge in [0.25, 0.3) is 0 Å². The second kappa shape index (κ2) is 5.82. The Kier molecular flexibility index (Phi) is 4.13. The van der Waals surface area contributed by atoms with Gasteiger partial charge in [-0.1, -0.05) is 31.2 Å². The molecule has 1 heterocycles. The lowest BCUT2D eigenvalue weighted by Gasteiger charge is -2.15. The normalized spacial score (nSPS) is 12.2. The van der Waals surface area contributed by atoms with Gasteiger partial charge < -0.3 is 9.84 Å². The SMILES string of the molecule is C=C(C)C(C)c1c(O)cnn1Cc1ccc(OC)cc1. The van der Waals surface area contributed by atoms with E-state index in [2.05, 4.69) is 11.7 Å². The smallest absolute Gasteiger partial charge is 0.157 e. The number of rotatable bonds is 5. The van der Waals surface area contributed by atoms with Crippen molar-refractivity contribution in [3.8, 4) is 11.5 Å². The summed E-state index contributed by atoms with van der Waals surface area (Å²) in [7, 11) is 1.65. The number of ether oxygens (including phenoxy) is 1. The minimum absolute atomic E-state index is 0.0655. The second-order valence-corrected chi connectivity index (χ2v) is 4.99. The van der Waals surface area contributed by atoms with Crippen molar-refractivity contribution in [2.45, 2.75) is 26.3 Å². The predicted octanol–water partition coefficient (Wildman–Crippen LogP) is 3.33. The van der Waals surface area contributed by atoms with Crippen LogP contribution in [-0.2, 0) is 6.54 Å². The van der Waals surface area contributed by atoms with E-state index in [0.717, 1.165) is 22.6 Å². The van der Waals surface area contributed by atoms with Crippen molar-refractivity contribution >= 4 is 0 Å². The van der Waals surface area contributed by atoms with E-state index in [9.17, 15) is 5.11 Å². The summed E-state index contributed by atoms with van der Waals surface area (Å²) in [6, 6.07) is 7.82. The molecule has 0 aliphatic heterocycles. The van der Waals surface area contributed by atoms with Crippen LogP contribution in [0.4, 0.5) is 0 Å². The molecule has 0 aliphatic carbocycles. The number of allylic oxidation sites excluding steroid dienone is 1. The highest BCUT2D eigenvalue weighted by atomic mass is 16.5. The van der Waals surface area contributed by atoms with Crippen LogP contribution in [0.2, 0.25) is 0 Å². The fourth-order valence-corrected chi connectivity index (χ4v) is 2.09. The average Bonchev–Trinajstić information content (AvgIpc) is 2.79. The summed E-state index contributed by atoms with van der Waals surface area (Å²) in [6.07, 6.45) is 1.48. The Morgan fingerprint density at radius 2 is 2.05 bits per heavy atom. The van der Waals surface area contributed by atoms with Gasteiger partial charge in [0.05, 0.1) is 25.5 Å². The molecule has 1 unspecified atom stereocenters. The summed E-state index contributed by atoms with van der Waals surface area (Å²) in [4.78, 5) is 0. The van der Waals surface area contributed by atoms with Crippen molar-refractivity contribution in [2.24, 2.45) is 0 Å². The number of methoxy groups -OCH3 is 1. The molecule has 1 aromatic carbocycles. The molecule has 1 aromatic heterocycles. The zero-order valence-corrected chi connectivity index (χ0v) is 12.1. The molecule has 106 valence electrons. The Morgan fingerprint density at radius 1 is 1.40 bits per heavy atom. The Labute approximate surface area is 119 Å². The lowest BCUT2D eigenvalue weighted by Crippen LogP contribution is -2.09. The fourth-order valence-electron chi connectivity index (χ4n) is 2.09. The van der Waals surface area contributed by atoms with Gasteiger partial charge in [-0.25, -0.2) is 0 Å². The van der Waals surface area contributed by atoms with Crippen LogP contribution in [0.5, 0.6) is 11.5 Å². The van der Waals surface area contributed by atoms with Crippen LogP contribution in [-0.4, -0.2) is 22.0 Å². The van der Waals surface area contributed by atoms with Gasteiger partial charge in [0.1, 0.15) is 5.75 Å². The van der Waals surface area contributed by atoms with Crippen molar-refractivity contribution in [1.82, 2.24) is 9.78 Å². The van der Waals surface area contributed by atoms with Crippen LogP contribution in [0.25, 0.3) is 0 Å². The molecule has 2 rings (SSSR count). The first-order valence-electron chi connectivity index (χ1n) is 6.56. The van der Waals surface area contributed by atoms with Gasteiger partial charge >= 0.3 is 0 Å². The summed E-state index contributed by atoms with van der Waals surface area (Å²) < 4.78 is 6.96. The molecule has 0 fully saturated rings. The molecule has 4 nitrogen and oxygen atoms in total. The lowest BCUT2D eigenvalue weighted by molar-refractivity contribution is 0.414. The van der Waals surface area contributed by atoms with E-state index >= 15 is 0 Å². The van der Waals surface area contributed by atoms with Crippen molar-refractivity contribution in [2.75, 3.05) is 7.11 Å². The highest BCUT2D eigenvalue weighted by Crippen LogP contribution is 2.30. The molecule has 0 aliphatic rings. The lowest BCUT2D eigenvalue weighted by atomic mass is 10.00. The van der Waals surface area contributed by atoms with Crippen LogP contribution in [0.1, 0.15) is 31.0 Å². The zero-order chi connectivity index (χ0) is 14.7.